The molecule has 2 N–H and O–H groups in total. The fraction of sp³-hybridized carbons (Fsp3) is 0.161. The van der Waals surface area contributed by atoms with Gasteiger partial charge in [0.1, 0.15) is 5.69 Å². The van der Waals surface area contributed by atoms with E-state index < -0.39 is 0 Å². The molecule has 0 aliphatic rings. The molecule has 5 rings (SSSR count). The van der Waals surface area contributed by atoms with E-state index in [0.717, 1.165) is 22.2 Å². The first-order valence-electron chi connectivity index (χ1n) is 12.2. The molecule has 2 aromatic heterocycles. The first-order valence-corrected chi connectivity index (χ1v) is 12.2. The molecule has 186 valence electrons. The van der Waals surface area contributed by atoms with Gasteiger partial charge in [0.05, 0.1) is 6.26 Å². The summed E-state index contributed by atoms with van der Waals surface area (Å²) in [6, 6.07) is 28.7. The molecule has 37 heavy (non-hydrogen) atoms. The Balaban J connectivity index is 1.50. The molecule has 0 unspecified atom stereocenters. The zero-order chi connectivity index (χ0) is 26.0. The number of aromatic nitrogens is 1. The van der Waals surface area contributed by atoms with Crippen LogP contribution in [0.1, 0.15) is 52.9 Å². The molecular formula is C31H29N3O3. The third-order valence-corrected chi connectivity index (χ3v) is 6.33. The van der Waals surface area contributed by atoms with Crippen molar-refractivity contribution in [2.45, 2.75) is 32.7 Å². The largest absolute Gasteiger partial charge is 0.459 e. The Labute approximate surface area is 215 Å². The van der Waals surface area contributed by atoms with E-state index >= 15 is 0 Å². The molecule has 0 aliphatic heterocycles. The molecule has 0 radical (unpaired) electrons. The van der Waals surface area contributed by atoms with Crippen molar-refractivity contribution in [2.75, 3.05) is 10.6 Å². The second-order valence-electron chi connectivity index (χ2n) is 10.1. The van der Waals surface area contributed by atoms with Gasteiger partial charge in [0.15, 0.2) is 5.76 Å². The van der Waals surface area contributed by atoms with Crippen LogP contribution in [-0.4, -0.2) is 16.4 Å². The quantitative estimate of drug-likeness (QED) is 0.266. The third kappa shape index (κ3) is 5.33. The number of rotatable bonds is 6. The van der Waals surface area contributed by atoms with Crippen LogP contribution < -0.4 is 10.6 Å². The van der Waals surface area contributed by atoms with Gasteiger partial charge < -0.3 is 19.6 Å². The van der Waals surface area contributed by atoms with Crippen molar-refractivity contribution >= 4 is 34.1 Å². The fourth-order valence-electron chi connectivity index (χ4n) is 4.32. The van der Waals surface area contributed by atoms with Gasteiger partial charge in [-0.15, -0.1) is 0 Å². The van der Waals surface area contributed by atoms with Gasteiger partial charge in [0, 0.05) is 28.8 Å². The number of benzene rings is 3. The number of amides is 2. The van der Waals surface area contributed by atoms with Gasteiger partial charge in [-0.3, -0.25) is 9.59 Å². The van der Waals surface area contributed by atoms with E-state index in [1.807, 2.05) is 59.2 Å². The number of nitrogens with one attached hydrogen (secondary N) is 2. The van der Waals surface area contributed by atoms with Gasteiger partial charge in [-0.05, 0) is 65.1 Å². The molecule has 0 spiro atoms. The zero-order valence-corrected chi connectivity index (χ0v) is 21.1. The zero-order valence-electron chi connectivity index (χ0n) is 21.1. The Morgan fingerprint density at radius 1 is 0.784 bits per heavy atom. The van der Waals surface area contributed by atoms with Crippen molar-refractivity contribution < 1.29 is 14.0 Å². The molecule has 2 amide bonds. The van der Waals surface area contributed by atoms with Gasteiger partial charge in [-0.1, -0.05) is 63.2 Å². The lowest BCUT2D eigenvalue weighted by Crippen LogP contribution is -2.17. The highest BCUT2D eigenvalue weighted by Crippen LogP contribution is 2.27. The lowest BCUT2D eigenvalue weighted by molar-refractivity contribution is 0.0994. The van der Waals surface area contributed by atoms with Gasteiger partial charge >= 0.3 is 0 Å². The van der Waals surface area contributed by atoms with E-state index in [1.54, 1.807) is 12.1 Å². The SMILES string of the molecule is CC(C)(C)c1ccc(Cn2c(C(=O)Nc3ccccc3)cc3cc(NC(=O)c4ccco4)ccc32)cc1. The van der Waals surface area contributed by atoms with Crippen LogP contribution in [0, 0.1) is 0 Å². The van der Waals surface area contributed by atoms with E-state index in [0.29, 0.717) is 17.9 Å². The van der Waals surface area contributed by atoms with Crippen LogP contribution in [0.5, 0.6) is 0 Å². The Morgan fingerprint density at radius 3 is 2.19 bits per heavy atom. The number of anilines is 2. The Hall–Kier alpha value is -4.58. The summed E-state index contributed by atoms with van der Waals surface area (Å²) in [4.78, 5) is 25.8. The van der Waals surface area contributed by atoms with Crippen LogP contribution in [0.3, 0.4) is 0 Å². The average Bonchev–Trinajstić information content (AvgIpc) is 3.53. The van der Waals surface area contributed by atoms with Gasteiger partial charge in [0.2, 0.25) is 0 Å². The summed E-state index contributed by atoms with van der Waals surface area (Å²) >= 11 is 0. The van der Waals surface area contributed by atoms with E-state index in [9.17, 15) is 9.59 Å². The molecule has 0 bridgehead atoms. The van der Waals surface area contributed by atoms with Crippen molar-refractivity contribution in [1.82, 2.24) is 4.57 Å². The minimum atomic E-state index is -0.329. The number of carbonyl (C=O) groups excluding carboxylic acids is 2. The summed E-state index contributed by atoms with van der Waals surface area (Å²) in [5.41, 5.74) is 5.20. The second kappa shape index (κ2) is 9.82. The van der Waals surface area contributed by atoms with Crippen LogP contribution in [0.15, 0.2) is 102 Å². The summed E-state index contributed by atoms with van der Waals surface area (Å²) in [7, 11) is 0. The summed E-state index contributed by atoms with van der Waals surface area (Å²) < 4.78 is 7.20. The Morgan fingerprint density at radius 2 is 1.51 bits per heavy atom. The first kappa shape index (κ1) is 24.1. The van der Waals surface area contributed by atoms with E-state index in [1.165, 1.54) is 11.8 Å². The molecule has 0 saturated carbocycles. The number of nitrogens with zero attached hydrogens (tertiary/aromatic N) is 1. The maximum atomic E-state index is 13.4. The van der Waals surface area contributed by atoms with Crippen molar-refractivity contribution in [2.24, 2.45) is 0 Å². The van der Waals surface area contributed by atoms with Gasteiger partial charge in [-0.25, -0.2) is 0 Å². The number of carbonyl (C=O) groups is 2. The maximum Gasteiger partial charge on any atom is 0.291 e. The van der Waals surface area contributed by atoms with Gasteiger partial charge in [-0.2, -0.15) is 0 Å². The van der Waals surface area contributed by atoms with Crippen LogP contribution in [0.2, 0.25) is 0 Å². The highest BCUT2D eigenvalue weighted by atomic mass is 16.3. The molecule has 3 aromatic carbocycles. The standard InChI is InChI=1S/C31H29N3O3/c1-31(2,3)23-13-11-21(12-14-23)20-34-26-16-15-25(33-30(36)28-10-7-17-37-28)18-22(26)19-27(34)29(35)32-24-8-5-4-6-9-24/h4-19H,20H2,1-3H3,(H,32,35)(H,33,36). The summed E-state index contributed by atoms with van der Waals surface area (Å²) in [6.07, 6.45) is 1.46. The number of fused-ring (bicyclic) bond motifs is 1. The van der Waals surface area contributed by atoms with Gasteiger partial charge in [0.25, 0.3) is 11.8 Å². The molecule has 2 heterocycles. The Bertz CT molecular complexity index is 1540. The minimum absolute atomic E-state index is 0.0654. The van der Waals surface area contributed by atoms with Crippen molar-refractivity contribution in [3.63, 3.8) is 0 Å². The molecular weight excluding hydrogens is 462 g/mol. The average molecular weight is 492 g/mol. The Kier molecular flexibility index (Phi) is 6.40. The summed E-state index contributed by atoms with van der Waals surface area (Å²) in [5.74, 6) is -0.293. The number of hydrogen-bond donors (Lipinski definition) is 2. The van der Waals surface area contributed by atoms with Crippen LogP contribution in [0.4, 0.5) is 11.4 Å². The molecule has 0 aliphatic carbocycles. The predicted octanol–water partition coefficient (Wildman–Crippen LogP) is 7.08. The summed E-state index contributed by atoms with van der Waals surface area (Å²) in [5, 5.41) is 6.71. The minimum Gasteiger partial charge on any atom is -0.459 e. The van der Waals surface area contributed by atoms with Crippen LogP contribution >= 0.6 is 0 Å². The van der Waals surface area contributed by atoms with Crippen molar-refractivity contribution in [3.8, 4) is 0 Å². The first-order chi connectivity index (χ1) is 17.8. The monoisotopic (exact) mass is 491 g/mol. The van der Waals surface area contributed by atoms with Crippen LogP contribution in [-0.2, 0) is 12.0 Å². The van der Waals surface area contributed by atoms with E-state index in [2.05, 4.69) is 55.7 Å². The van der Waals surface area contributed by atoms with Crippen molar-refractivity contribution in [3.05, 3.63) is 120 Å². The van der Waals surface area contributed by atoms with Crippen LogP contribution in [0.25, 0.3) is 10.9 Å². The number of para-hydroxylation sites is 1. The highest BCUT2D eigenvalue weighted by molar-refractivity contribution is 6.07. The highest BCUT2D eigenvalue weighted by Gasteiger charge is 2.18. The fourth-order valence-corrected chi connectivity index (χ4v) is 4.32. The number of furan rings is 1. The van der Waals surface area contributed by atoms with Crippen molar-refractivity contribution in [1.29, 1.82) is 0 Å². The lowest BCUT2D eigenvalue weighted by atomic mass is 9.87. The topological polar surface area (TPSA) is 76.3 Å². The normalized spacial score (nSPS) is 11.4. The molecule has 0 atom stereocenters. The molecule has 6 nitrogen and oxygen atoms in total. The summed E-state index contributed by atoms with van der Waals surface area (Å²) in [6.45, 7) is 7.10. The maximum absolute atomic E-state index is 13.4. The molecule has 5 aromatic rings. The second-order valence-corrected chi connectivity index (χ2v) is 10.1. The molecule has 6 heteroatoms. The molecule has 0 fully saturated rings. The molecule has 0 saturated heterocycles. The van der Waals surface area contributed by atoms with E-state index in [4.69, 9.17) is 4.42 Å². The smallest absolute Gasteiger partial charge is 0.291 e. The number of hydrogen-bond acceptors (Lipinski definition) is 3. The predicted molar refractivity (Wildman–Crippen MR) is 147 cm³/mol. The third-order valence-electron chi connectivity index (χ3n) is 6.33. The van der Waals surface area contributed by atoms with E-state index in [-0.39, 0.29) is 23.0 Å². The lowest BCUT2D eigenvalue weighted by Gasteiger charge is -2.19.